The average molecular weight is 234 g/mol. The molecule has 1 aromatic rings. The molecule has 0 bridgehead atoms. The lowest BCUT2D eigenvalue weighted by Gasteiger charge is -1.88. The van der Waals surface area contributed by atoms with E-state index in [9.17, 15) is 0 Å². The molecule has 0 saturated carbocycles. The first kappa shape index (κ1) is 13.9. The van der Waals surface area contributed by atoms with Crippen molar-refractivity contribution in [2.24, 2.45) is 5.73 Å². The maximum Gasteiger partial charge on any atom is 0.123 e. The first-order valence-corrected chi connectivity index (χ1v) is 4.53. The van der Waals surface area contributed by atoms with Gasteiger partial charge in [-0.05, 0) is 35.1 Å². The molecule has 12 heavy (non-hydrogen) atoms. The van der Waals surface area contributed by atoms with Gasteiger partial charge in [-0.2, -0.15) is 0 Å². The van der Waals surface area contributed by atoms with Gasteiger partial charge in [0.05, 0.1) is 0 Å². The van der Waals surface area contributed by atoms with Gasteiger partial charge in [0, 0.05) is 10.7 Å². The Bertz CT molecular complexity index is 153. The Kier molecular flexibility index (Phi) is 12.1. The van der Waals surface area contributed by atoms with Crippen molar-refractivity contribution in [2.45, 2.75) is 13.8 Å². The monoisotopic (exact) mass is 233 g/mol. The Hall–Kier alpha value is -0.610. The van der Waals surface area contributed by atoms with Crippen molar-refractivity contribution in [1.82, 2.24) is 4.98 Å². The number of rotatable bonds is 0. The zero-order chi connectivity index (χ0) is 9.98. The molecule has 0 atom stereocenters. The lowest BCUT2D eigenvalue weighted by atomic mass is 10.5. The normalized spacial score (nSPS) is 7.08. The van der Waals surface area contributed by atoms with Gasteiger partial charge in [0.2, 0.25) is 0 Å². The second-order valence-electron chi connectivity index (χ2n) is 1.40. The number of anilines is 1. The molecule has 0 fully saturated rings. The predicted octanol–water partition coefficient (Wildman–Crippen LogP) is 2.03. The molecule has 4 heteroatoms. The quantitative estimate of drug-likeness (QED) is 0.721. The first-order chi connectivity index (χ1) is 5.79. The van der Waals surface area contributed by atoms with Crippen molar-refractivity contribution < 1.29 is 0 Å². The van der Waals surface area contributed by atoms with E-state index in [2.05, 4.69) is 26.6 Å². The third kappa shape index (κ3) is 7.50. The highest BCUT2D eigenvalue weighted by Crippen LogP contribution is 2.07. The van der Waals surface area contributed by atoms with Gasteiger partial charge in [-0.1, -0.05) is 13.8 Å². The highest BCUT2D eigenvalue weighted by molar-refractivity contribution is 9.10. The van der Waals surface area contributed by atoms with Crippen LogP contribution < -0.4 is 11.5 Å². The van der Waals surface area contributed by atoms with Crippen molar-refractivity contribution in [3.8, 4) is 0 Å². The molecule has 70 valence electrons. The summed E-state index contributed by atoms with van der Waals surface area (Å²) in [7, 11) is 1.50. The van der Waals surface area contributed by atoms with Crippen LogP contribution in [0.2, 0.25) is 0 Å². The molecular formula is C8H16BrN3. The SMILES string of the molecule is CC.CN.Nc1ccc(Br)cn1. The third-order valence-corrected chi connectivity index (χ3v) is 1.22. The summed E-state index contributed by atoms with van der Waals surface area (Å²) in [4.78, 5) is 3.81. The fraction of sp³-hybridized carbons (Fsp3) is 0.375. The number of hydrogen-bond acceptors (Lipinski definition) is 3. The van der Waals surface area contributed by atoms with Gasteiger partial charge in [-0.25, -0.2) is 4.98 Å². The summed E-state index contributed by atoms with van der Waals surface area (Å²) in [6.45, 7) is 4.00. The third-order valence-electron chi connectivity index (χ3n) is 0.750. The number of hydrogen-bond donors (Lipinski definition) is 2. The molecule has 0 aliphatic rings. The van der Waals surface area contributed by atoms with Crippen LogP contribution in [0.25, 0.3) is 0 Å². The van der Waals surface area contributed by atoms with E-state index in [4.69, 9.17) is 5.73 Å². The lowest BCUT2D eigenvalue weighted by molar-refractivity contribution is 1.32. The second kappa shape index (κ2) is 10.4. The van der Waals surface area contributed by atoms with Crippen molar-refractivity contribution in [2.75, 3.05) is 12.8 Å². The Morgan fingerprint density at radius 1 is 1.25 bits per heavy atom. The first-order valence-electron chi connectivity index (χ1n) is 3.74. The van der Waals surface area contributed by atoms with E-state index in [1.165, 1.54) is 7.05 Å². The largest absolute Gasteiger partial charge is 0.384 e. The van der Waals surface area contributed by atoms with E-state index in [1.807, 2.05) is 19.9 Å². The number of halogens is 1. The van der Waals surface area contributed by atoms with Gasteiger partial charge in [0.25, 0.3) is 0 Å². The van der Waals surface area contributed by atoms with E-state index >= 15 is 0 Å². The fourth-order valence-corrected chi connectivity index (χ4v) is 0.622. The minimum atomic E-state index is 0.549. The predicted molar refractivity (Wildman–Crippen MR) is 57.8 cm³/mol. The zero-order valence-electron chi connectivity index (χ0n) is 7.71. The van der Waals surface area contributed by atoms with Crippen LogP contribution in [-0.2, 0) is 0 Å². The van der Waals surface area contributed by atoms with E-state index < -0.39 is 0 Å². The van der Waals surface area contributed by atoms with E-state index in [-0.39, 0.29) is 0 Å². The van der Waals surface area contributed by atoms with Crippen LogP contribution in [0.3, 0.4) is 0 Å². The number of pyridine rings is 1. The van der Waals surface area contributed by atoms with Crippen LogP contribution in [-0.4, -0.2) is 12.0 Å². The summed E-state index contributed by atoms with van der Waals surface area (Å²) < 4.78 is 0.951. The fourth-order valence-electron chi connectivity index (χ4n) is 0.387. The van der Waals surface area contributed by atoms with Crippen LogP contribution in [0.15, 0.2) is 22.8 Å². The maximum atomic E-state index is 5.29. The van der Waals surface area contributed by atoms with Gasteiger partial charge in [0.15, 0.2) is 0 Å². The maximum absolute atomic E-state index is 5.29. The summed E-state index contributed by atoms with van der Waals surface area (Å²) in [6, 6.07) is 3.59. The average Bonchev–Trinajstić information content (AvgIpc) is 2.17. The molecule has 1 rings (SSSR count). The van der Waals surface area contributed by atoms with Crippen molar-refractivity contribution in [3.05, 3.63) is 22.8 Å². The molecule has 0 spiro atoms. The lowest BCUT2D eigenvalue weighted by Crippen LogP contribution is -1.86. The molecule has 0 aliphatic heterocycles. The number of nitrogen functional groups attached to an aromatic ring is 1. The van der Waals surface area contributed by atoms with Crippen LogP contribution in [0, 0.1) is 0 Å². The van der Waals surface area contributed by atoms with Crippen LogP contribution >= 0.6 is 15.9 Å². The topological polar surface area (TPSA) is 64.9 Å². The molecule has 0 radical (unpaired) electrons. The van der Waals surface area contributed by atoms with E-state index in [0.717, 1.165) is 4.47 Å². The van der Waals surface area contributed by atoms with Crippen LogP contribution in [0.1, 0.15) is 13.8 Å². The molecule has 0 unspecified atom stereocenters. The summed E-state index contributed by atoms with van der Waals surface area (Å²) in [5.74, 6) is 0.549. The summed E-state index contributed by atoms with van der Waals surface area (Å²) in [5, 5.41) is 0. The molecule has 1 aromatic heterocycles. The summed E-state index contributed by atoms with van der Waals surface area (Å²) in [5.41, 5.74) is 9.79. The standard InChI is InChI=1S/C5H5BrN2.C2H6.CH5N/c6-4-1-2-5(7)8-3-4;2*1-2/h1-3H,(H2,7,8);1-2H3;2H2,1H3. The van der Waals surface area contributed by atoms with Crippen molar-refractivity contribution >= 4 is 21.7 Å². The molecular weight excluding hydrogens is 218 g/mol. The van der Waals surface area contributed by atoms with E-state index in [1.54, 1.807) is 12.3 Å². The Morgan fingerprint density at radius 3 is 2.00 bits per heavy atom. The van der Waals surface area contributed by atoms with Gasteiger partial charge in [-0.3, -0.25) is 0 Å². The highest BCUT2D eigenvalue weighted by Gasteiger charge is 1.83. The highest BCUT2D eigenvalue weighted by atomic mass is 79.9. The van der Waals surface area contributed by atoms with Gasteiger partial charge in [0.1, 0.15) is 5.82 Å². The van der Waals surface area contributed by atoms with Crippen LogP contribution in [0.4, 0.5) is 5.82 Å². The summed E-state index contributed by atoms with van der Waals surface area (Å²) in [6.07, 6.45) is 1.66. The van der Waals surface area contributed by atoms with Gasteiger partial charge < -0.3 is 11.5 Å². The zero-order valence-corrected chi connectivity index (χ0v) is 9.30. The smallest absolute Gasteiger partial charge is 0.123 e. The Morgan fingerprint density at radius 2 is 1.75 bits per heavy atom. The summed E-state index contributed by atoms with van der Waals surface area (Å²) >= 11 is 3.23. The molecule has 0 amide bonds. The Labute approximate surface area is 82.3 Å². The van der Waals surface area contributed by atoms with Crippen molar-refractivity contribution in [3.63, 3.8) is 0 Å². The number of nitrogens with two attached hydrogens (primary N) is 2. The molecule has 1 heterocycles. The minimum Gasteiger partial charge on any atom is -0.384 e. The van der Waals surface area contributed by atoms with Crippen LogP contribution in [0.5, 0.6) is 0 Å². The van der Waals surface area contributed by atoms with Gasteiger partial charge >= 0.3 is 0 Å². The second-order valence-corrected chi connectivity index (χ2v) is 2.32. The number of nitrogens with zero attached hydrogens (tertiary/aromatic N) is 1. The molecule has 0 aliphatic carbocycles. The van der Waals surface area contributed by atoms with Crippen molar-refractivity contribution in [1.29, 1.82) is 0 Å². The van der Waals surface area contributed by atoms with Gasteiger partial charge in [-0.15, -0.1) is 0 Å². The number of aromatic nitrogens is 1. The molecule has 3 nitrogen and oxygen atoms in total. The molecule has 4 N–H and O–H groups in total. The molecule has 0 saturated heterocycles. The Balaban J connectivity index is 0. The minimum absolute atomic E-state index is 0.549. The van der Waals surface area contributed by atoms with E-state index in [0.29, 0.717) is 5.82 Å². The molecule has 0 aromatic carbocycles.